The van der Waals surface area contributed by atoms with E-state index in [0.29, 0.717) is 0 Å². The van der Waals surface area contributed by atoms with Gasteiger partial charge in [-0.25, -0.2) is 4.39 Å². The van der Waals surface area contributed by atoms with Gasteiger partial charge in [0.1, 0.15) is 5.82 Å². The van der Waals surface area contributed by atoms with E-state index in [9.17, 15) is 14.4 Å². The highest BCUT2D eigenvalue weighted by molar-refractivity contribution is 7.80. The molecular formula is C9H9FN3O3S-. The average Bonchev–Trinajstić information content (AvgIpc) is 2.19. The molecule has 0 spiro atoms. The summed E-state index contributed by atoms with van der Waals surface area (Å²) in [5, 5.41) is 23.3. The molecule has 1 rings (SSSR count). The number of halogens is 1. The fraction of sp³-hybridized carbons (Fsp3) is 0.111. The van der Waals surface area contributed by atoms with Crippen LogP contribution in [0.15, 0.2) is 18.2 Å². The molecule has 0 saturated heterocycles. The zero-order valence-corrected chi connectivity index (χ0v) is 9.55. The van der Waals surface area contributed by atoms with Gasteiger partial charge < -0.3 is 21.1 Å². The van der Waals surface area contributed by atoms with Crippen molar-refractivity contribution >= 4 is 34.6 Å². The second kappa shape index (κ2) is 5.53. The maximum Gasteiger partial charge on any atom is 0.222 e. The Morgan fingerprint density at radius 3 is 2.76 bits per heavy atom. The van der Waals surface area contributed by atoms with E-state index in [1.165, 1.54) is 6.92 Å². The van der Waals surface area contributed by atoms with Crippen LogP contribution in [0.4, 0.5) is 15.8 Å². The van der Waals surface area contributed by atoms with Crippen molar-refractivity contribution in [2.75, 3.05) is 10.5 Å². The minimum Gasteiger partial charge on any atom is -0.733 e. The largest absolute Gasteiger partial charge is 0.733 e. The zero-order chi connectivity index (χ0) is 13.0. The lowest BCUT2D eigenvalue weighted by Gasteiger charge is -2.22. The van der Waals surface area contributed by atoms with Gasteiger partial charge in [0.15, 0.2) is 5.11 Å². The first kappa shape index (κ1) is 13.3. The molecule has 0 heterocycles. The molecule has 17 heavy (non-hydrogen) atoms. The predicted octanol–water partition coefficient (Wildman–Crippen LogP) is 1.35. The summed E-state index contributed by atoms with van der Waals surface area (Å²) in [6, 6.07) is 3.13. The topological polar surface area (TPSA) is 87.7 Å². The van der Waals surface area contributed by atoms with Gasteiger partial charge >= 0.3 is 0 Å². The second-order valence-corrected chi connectivity index (χ2v) is 3.48. The smallest absolute Gasteiger partial charge is 0.222 e. The Hall–Kier alpha value is -1.77. The van der Waals surface area contributed by atoms with Gasteiger partial charge in [-0.3, -0.25) is 10.0 Å². The highest BCUT2D eigenvalue weighted by Gasteiger charge is 2.06. The summed E-state index contributed by atoms with van der Waals surface area (Å²) in [5.41, 5.74) is -0.296. The van der Waals surface area contributed by atoms with Gasteiger partial charge in [0, 0.05) is 6.92 Å². The summed E-state index contributed by atoms with van der Waals surface area (Å²) in [4.78, 5) is 10.7. The summed E-state index contributed by atoms with van der Waals surface area (Å²) in [6.45, 7) is 1.24. The Labute approximate surface area is 102 Å². The molecule has 6 nitrogen and oxygen atoms in total. The molecule has 0 unspecified atom stereocenters. The van der Waals surface area contributed by atoms with Crippen molar-refractivity contribution in [2.24, 2.45) is 0 Å². The van der Waals surface area contributed by atoms with E-state index in [1.807, 2.05) is 0 Å². The minimum absolute atomic E-state index is 0.107. The fourth-order valence-electron chi connectivity index (χ4n) is 1.04. The normalized spacial score (nSPS) is 9.65. The Morgan fingerprint density at radius 2 is 2.24 bits per heavy atom. The fourth-order valence-corrected chi connectivity index (χ4v) is 1.30. The molecular weight excluding hydrogens is 249 g/mol. The third-order valence-corrected chi connectivity index (χ3v) is 1.91. The number of hydrogen-bond acceptors (Lipinski definition) is 5. The van der Waals surface area contributed by atoms with Gasteiger partial charge in [-0.05, 0) is 30.4 Å². The number of amides is 1. The SMILES string of the molecule is CC(=O)NC(=S)Nc1cc(N([O-])O)ccc1F. The molecule has 0 aliphatic heterocycles. The first-order valence-corrected chi connectivity index (χ1v) is 4.85. The van der Waals surface area contributed by atoms with Crippen molar-refractivity contribution in [1.29, 1.82) is 0 Å². The van der Waals surface area contributed by atoms with Crippen LogP contribution in [-0.2, 0) is 4.79 Å². The Kier molecular flexibility index (Phi) is 4.32. The van der Waals surface area contributed by atoms with Gasteiger partial charge in [-0.2, -0.15) is 0 Å². The van der Waals surface area contributed by atoms with E-state index in [-0.39, 0.29) is 16.5 Å². The number of hydrogen-bond donors (Lipinski definition) is 3. The molecule has 1 amide bonds. The molecule has 1 aromatic rings. The van der Waals surface area contributed by atoms with Crippen molar-refractivity contribution in [3.63, 3.8) is 0 Å². The van der Waals surface area contributed by atoms with Crippen molar-refractivity contribution in [3.8, 4) is 0 Å². The lowest BCUT2D eigenvalue weighted by Crippen LogP contribution is -2.32. The van der Waals surface area contributed by atoms with E-state index >= 15 is 0 Å². The molecule has 0 aliphatic rings. The first-order chi connectivity index (χ1) is 7.90. The molecule has 0 radical (unpaired) electrons. The maximum atomic E-state index is 13.3. The third-order valence-electron chi connectivity index (χ3n) is 1.71. The molecule has 0 bridgehead atoms. The standard InChI is InChI=1S/C9H9FN3O3S/c1-5(14)11-9(17)12-8-4-6(13(15)16)2-3-7(8)10/h2-4,15H,1H3,(H2,11,12,14,17)/q-1. The van der Waals surface area contributed by atoms with Crippen LogP contribution >= 0.6 is 12.2 Å². The lowest BCUT2D eigenvalue weighted by molar-refractivity contribution is -0.117. The number of thiocarbonyl (C=S) groups is 1. The Bertz CT molecular complexity index is 453. The van der Waals surface area contributed by atoms with Crippen molar-refractivity contribution in [3.05, 3.63) is 29.2 Å². The number of rotatable bonds is 2. The van der Waals surface area contributed by atoms with Gasteiger partial charge in [0.05, 0.1) is 11.4 Å². The van der Waals surface area contributed by atoms with Gasteiger partial charge in [0.25, 0.3) is 0 Å². The zero-order valence-electron chi connectivity index (χ0n) is 8.73. The van der Waals surface area contributed by atoms with Gasteiger partial charge in [-0.1, -0.05) is 0 Å². The molecule has 0 aromatic heterocycles. The van der Waals surface area contributed by atoms with E-state index in [1.54, 1.807) is 0 Å². The number of nitrogens with one attached hydrogen (secondary N) is 2. The van der Waals surface area contributed by atoms with E-state index < -0.39 is 17.0 Å². The summed E-state index contributed by atoms with van der Waals surface area (Å²) < 4.78 is 13.3. The molecule has 0 saturated carbocycles. The number of benzene rings is 1. The molecule has 0 fully saturated rings. The van der Waals surface area contributed by atoms with Crippen LogP contribution < -0.4 is 15.9 Å². The Morgan fingerprint density at radius 1 is 1.59 bits per heavy atom. The van der Waals surface area contributed by atoms with Gasteiger partial charge in [-0.15, -0.1) is 0 Å². The van der Waals surface area contributed by atoms with Crippen molar-refractivity contribution in [2.45, 2.75) is 6.92 Å². The number of carbonyl (C=O) groups excluding carboxylic acids is 1. The van der Waals surface area contributed by atoms with Crippen LogP contribution in [0.1, 0.15) is 6.92 Å². The number of nitrogens with zero attached hydrogens (tertiary/aromatic N) is 1. The van der Waals surface area contributed by atoms with Crippen LogP contribution in [0.2, 0.25) is 0 Å². The minimum atomic E-state index is -0.677. The molecule has 3 N–H and O–H groups in total. The van der Waals surface area contributed by atoms with Crippen molar-refractivity contribution in [1.82, 2.24) is 5.32 Å². The van der Waals surface area contributed by atoms with Gasteiger partial charge in [0.2, 0.25) is 5.91 Å². The average molecular weight is 258 g/mol. The number of carbonyl (C=O) groups is 1. The molecule has 0 aliphatic carbocycles. The second-order valence-electron chi connectivity index (χ2n) is 3.07. The Balaban J connectivity index is 2.86. The molecule has 0 atom stereocenters. The number of anilines is 2. The molecule has 8 heteroatoms. The summed E-state index contributed by atoms with van der Waals surface area (Å²) >= 11 is 4.72. The molecule has 92 valence electrons. The van der Waals surface area contributed by atoms with E-state index in [4.69, 9.17) is 17.4 Å². The van der Waals surface area contributed by atoms with Crippen LogP contribution in [0.25, 0.3) is 0 Å². The van der Waals surface area contributed by atoms with E-state index in [2.05, 4.69) is 10.6 Å². The summed E-state index contributed by atoms with van der Waals surface area (Å²) in [7, 11) is 0. The summed E-state index contributed by atoms with van der Waals surface area (Å²) in [6.07, 6.45) is 0. The quantitative estimate of drug-likeness (QED) is 0.548. The highest BCUT2D eigenvalue weighted by Crippen LogP contribution is 2.21. The van der Waals surface area contributed by atoms with E-state index in [0.717, 1.165) is 18.2 Å². The van der Waals surface area contributed by atoms with Crippen molar-refractivity contribution < 1.29 is 14.4 Å². The molecule has 1 aromatic carbocycles. The van der Waals surface area contributed by atoms with Crippen LogP contribution in [0.3, 0.4) is 0 Å². The van der Waals surface area contributed by atoms with Crippen LogP contribution in [-0.4, -0.2) is 16.2 Å². The first-order valence-electron chi connectivity index (χ1n) is 4.44. The van der Waals surface area contributed by atoms with Crippen LogP contribution in [0.5, 0.6) is 0 Å². The highest BCUT2D eigenvalue weighted by atomic mass is 32.1. The van der Waals surface area contributed by atoms with Crippen LogP contribution in [0, 0.1) is 11.0 Å². The monoisotopic (exact) mass is 258 g/mol. The third kappa shape index (κ3) is 3.94. The predicted molar refractivity (Wildman–Crippen MR) is 64.1 cm³/mol. The maximum absolute atomic E-state index is 13.3. The summed E-state index contributed by atoms with van der Waals surface area (Å²) in [5.74, 6) is -1.09. The lowest BCUT2D eigenvalue weighted by atomic mass is 10.2.